The minimum atomic E-state index is 0.191. The highest BCUT2D eigenvalue weighted by Crippen LogP contribution is 2.36. The lowest BCUT2D eigenvalue weighted by Gasteiger charge is -2.43. The Morgan fingerprint density at radius 2 is 2.00 bits per heavy atom. The molecule has 2 aliphatic rings. The van der Waals surface area contributed by atoms with Gasteiger partial charge in [0.05, 0.1) is 12.1 Å². The highest BCUT2D eigenvalue weighted by atomic mass is 35.5. The number of rotatable bonds is 5. The molecule has 3 heterocycles. The maximum atomic E-state index is 12.9. The molecule has 0 radical (unpaired) electrons. The first-order chi connectivity index (χ1) is 13.4. The van der Waals surface area contributed by atoms with Crippen molar-refractivity contribution >= 4 is 11.6 Å². The van der Waals surface area contributed by atoms with E-state index in [2.05, 4.69) is 21.9 Å². The molecule has 4 rings (SSSR count). The SMILES string of the molecule is COc1ccc(CN2C[C@@H]3C[C@H](C2)c2ccc(CN(C)C)c(=O)n2C3)cc1Cl. The summed E-state index contributed by atoms with van der Waals surface area (Å²) in [6.07, 6.45) is 1.17. The maximum absolute atomic E-state index is 12.9. The van der Waals surface area contributed by atoms with E-state index in [0.717, 1.165) is 31.7 Å². The average Bonchev–Trinajstić information content (AvgIpc) is 2.64. The zero-order valence-electron chi connectivity index (χ0n) is 16.8. The normalized spacial score (nSPS) is 21.6. The Morgan fingerprint density at radius 1 is 1.18 bits per heavy atom. The predicted molar refractivity (Wildman–Crippen MR) is 112 cm³/mol. The number of nitrogens with zero attached hydrogens (tertiary/aromatic N) is 3. The van der Waals surface area contributed by atoms with Gasteiger partial charge in [-0.25, -0.2) is 0 Å². The Hall–Kier alpha value is -1.82. The van der Waals surface area contributed by atoms with Gasteiger partial charge in [-0.15, -0.1) is 0 Å². The summed E-state index contributed by atoms with van der Waals surface area (Å²) in [6, 6.07) is 10.2. The largest absolute Gasteiger partial charge is 0.495 e. The van der Waals surface area contributed by atoms with Crippen molar-refractivity contribution in [1.29, 1.82) is 0 Å². The molecular formula is C22H28ClN3O2. The van der Waals surface area contributed by atoms with Gasteiger partial charge < -0.3 is 14.2 Å². The third kappa shape index (κ3) is 3.84. The Balaban J connectivity index is 1.53. The minimum absolute atomic E-state index is 0.191. The van der Waals surface area contributed by atoms with Gasteiger partial charge in [0, 0.05) is 49.9 Å². The van der Waals surface area contributed by atoms with Crippen LogP contribution in [0.4, 0.5) is 0 Å². The summed E-state index contributed by atoms with van der Waals surface area (Å²) in [5, 5.41) is 0.655. The maximum Gasteiger partial charge on any atom is 0.255 e. The Morgan fingerprint density at radius 3 is 2.71 bits per heavy atom. The molecule has 1 fully saturated rings. The van der Waals surface area contributed by atoms with Crippen LogP contribution in [0.3, 0.4) is 0 Å². The van der Waals surface area contributed by atoms with Crippen molar-refractivity contribution in [2.75, 3.05) is 34.3 Å². The molecule has 28 heavy (non-hydrogen) atoms. The smallest absolute Gasteiger partial charge is 0.255 e. The number of halogens is 1. The molecule has 2 aliphatic heterocycles. The molecule has 0 N–H and O–H groups in total. The summed E-state index contributed by atoms with van der Waals surface area (Å²) in [5.41, 5.74) is 3.47. The molecule has 1 aromatic carbocycles. The molecule has 0 amide bonds. The number of fused-ring (bicyclic) bond motifs is 4. The number of ether oxygens (including phenoxy) is 1. The summed E-state index contributed by atoms with van der Waals surface area (Å²) in [5.74, 6) is 1.65. The molecule has 5 nitrogen and oxygen atoms in total. The van der Waals surface area contributed by atoms with Crippen LogP contribution in [0.5, 0.6) is 5.75 Å². The van der Waals surface area contributed by atoms with Crippen molar-refractivity contribution in [2.45, 2.75) is 32.0 Å². The highest BCUT2D eigenvalue weighted by Gasteiger charge is 2.34. The van der Waals surface area contributed by atoms with Gasteiger partial charge in [0.15, 0.2) is 0 Å². The van der Waals surface area contributed by atoms with Crippen LogP contribution in [0, 0.1) is 5.92 Å². The van der Waals surface area contributed by atoms with E-state index in [0.29, 0.717) is 29.2 Å². The van der Waals surface area contributed by atoms with Crippen LogP contribution in [0.1, 0.15) is 29.2 Å². The van der Waals surface area contributed by atoms with Gasteiger partial charge in [0.25, 0.3) is 5.56 Å². The van der Waals surface area contributed by atoms with Crippen molar-refractivity contribution in [1.82, 2.24) is 14.4 Å². The highest BCUT2D eigenvalue weighted by molar-refractivity contribution is 6.32. The van der Waals surface area contributed by atoms with Crippen molar-refractivity contribution in [3.63, 3.8) is 0 Å². The summed E-state index contributed by atoms with van der Waals surface area (Å²) in [7, 11) is 5.64. The molecule has 1 aromatic heterocycles. The second-order valence-corrected chi connectivity index (χ2v) is 8.81. The van der Waals surface area contributed by atoms with Crippen molar-refractivity contribution in [3.8, 4) is 5.75 Å². The molecule has 2 aromatic rings. The van der Waals surface area contributed by atoms with E-state index < -0.39 is 0 Å². The molecule has 150 valence electrons. The molecule has 2 bridgehead atoms. The van der Waals surface area contributed by atoms with Crippen LogP contribution in [0.25, 0.3) is 0 Å². The number of benzene rings is 1. The Bertz CT molecular complexity index is 924. The van der Waals surface area contributed by atoms with Gasteiger partial charge in [-0.3, -0.25) is 9.69 Å². The number of hydrogen-bond donors (Lipinski definition) is 0. The van der Waals surface area contributed by atoms with E-state index in [4.69, 9.17) is 16.3 Å². The fraction of sp³-hybridized carbons (Fsp3) is 0.500. The molecule has 0 unspecified atom stereocenters. The van der Waals surface area contributed by atoms with Crippen LogP contribution in [-0.4, -0.2) is 48.7 Å². The van der Waals surface area contributed by atoms with E-state index in [9.17, 15) is 4.79 Å². The minimum Gasteiger partial charge on any atom is -0.495 e. The number of aromatic nitrogens is 1. The van der Waals surface area contributed by atoms with E-state index in [1.54, 1.807) is 7.11 Å². The third-order valence-electron chi connectivity index (χ3n) is 5.87. The van der Waals surface area contributed by atoms with Crippen molar-refractivity contribution < 1.29 is 4.74 Å². The van der Waals surface area contributed by atoms with Crippen molar-refractivity contribution in [2.24, 2.45) is 5.92 Å². The number of hydrogen-bond acceptors (Lipinski definition) is 4. The first kappa shape index (κ1) is 19.5. The summed E-state index contributed by atoms with van der Waals surface area (Å²) < 4.78 is 7.29. The Kier molecular flexibility index (Phi) is 5.50. The monoisotopic (exact) mass is 401 g/mol. The second-order valence-electron chi connectivity index (χ2n) is 8.40. The van der Waals surface area contributed by atoms with Crippen LogP contribution in [0.2, 0.25) is 5.02 Å². The predicted octanol–water partition coefficient (Wildman–Crippen LogP) is 3.19. The lowest BCUT2D eigenvalue weighted by molar-refractivity contribution is 0.114. The van der Waals surface area contributed by atoms with Crippen LogP contribution in [0.15, 0.2) is 35.1 Å². The van der Waals surface area contributed by atoms with Crippen LogP contribution < -0.4 is 10.3 Å². The molecule has 1 saturated heterocycles. The molecule has 2 atom stereocenters. The van der Waals surface area contributed by atoms with E-state index in [1.165, 1.54) is 17.7 Å². The Labute approximate surface area is 171 Å². The quantitative estimate of drug-likeness (QED) is 0.771. The van der Waals surface area contributed by atoms with Gasteiger partial charge >= 0.3 is 0 Å². The topological polar surface area (TPSA) is 37.7 Å². The fourth-order valence-electron chi connectivity index (χ4n) is 4.75. The zero-order chi connectivity index (χ0) is 19.8. The van der Waals surface area contributed by atoms with Gasteiger partial charge in [-0.1, -0.05) is 23.7 Å². The lowest BCUT2D eigenvalue weighted by atomic mass is 9.83. The van der Waals surface area contributed by atoms with Gasteiger partial charge in [-0.05, 0) is 50.2 Å². The molecular weight excluding hydrogens is 374 g/mol. The second kappa shape index (κ2) is 7.90. The molecule has 0 saturated carbocycles. The van der Waals surface area contributed by atoms with E-state index >= 15 is 0 Å². The fourth-order valence-corrected chi connectivity index (χ4v) is 5.03. The number of piperidine rings is 1. The van der Waals surface area contributed by atoms with Crippen LogP contribution >= 0.6 is 11.6 Å². The standard InChI is InChI=1S/C22H28ClN3O2/c1-24(2)13-17-5-6-20-18-8-16(12-26(20)22(17)27)11-25(14-18)10-15-4-7-21(28-3)19(23)9-15/h4-7,9,16,18H,8,10-14H2,1-3H3/t16-,18+/m0/s1. The van der Waals surface area contributed by atoms with Gasteiger partial charge in [0.2, 0.25) is 0 Å². The number of methoxy groups -OCH3 is 1. The van der Waals surface area contributed by atoms with E-state index in [-0.39, 0.29) is 5.56 Å². The average molecular weight is 402 g/mol. The van der Waals surface area contributed by atoms with Crippen molar-refractivity contribution in [3.05, 3.63) is 62.5 Å². The van der Waals surface area contributed by atoms with Gasteiger partial charge in [-0.2, -0.15) is 0 Å². The van der Waals surface area contributed by atoms with Crippen LogP contribution in [-0.2, 0) is 19.6 Å². The summed E-state index contributed by atoms with van der Waals surface area (Å²) in [4.78, 5) is 17.5. The third-order valence-corrected chi connectivity index (χ3v) is 6.16. The molecule has 0 aliphatic carbocycles. The molecule has 6 heteroatoms. The van der Waals surface area contributed by atoms with Gasteiger partial charge in [0.1, 0.15) is 5.75 Å². The summed E-state index contributed by atoms with van der Waals surface area (Å²) >= 11 is 6.29. The zero-order valence-corrected chi connectivity index (χ0v) is 17.6. The lowest BCUT2D eigenvalue weighted by Crippen LogP contribution is -2.47. The molecule has 0 spiro atoms. The number of likely N-dealkylation sites (tertiary alicyclic amines) is 1. The number of pyridine rings is 1. The first-order valence-corrected chi connectivity index (χ1v) is 10.2. The van der Waals surface area contributed by atoms with E-state index in [1.807, 2.05) is 36.9 Å². The first-order valence-electron chi connectivity index (χ1n) is 9.86. The summed E-state index contributed by atoms with van der Waals surface area (Å²) in [6.45, 7) is 4.39.